The highest BCUT2D eigenvalue weighted by atomic mass is 32.2. The van der Waals surface area contributed by atoms with E-state index in [2.05, 4.69) is 10.6 Å². The molecule has 2 N–H and O–H groups in total. The number of hydrogen-bond acceptors (Lipinski definition) is 4. The molecule has 0 radical (unpaired) electrons. The fourth-order valence-corrected chi connectivity index (χ4v) is 4.99. The maximum absolute atomic E-state index is 12.8. The number of amides is 2. The second-order valence-corrected chi connectivity index (χ2v) is 9.43. The summed E-state index contributed by atoms with van der Waals surface area (Å²) in [4.78, 5) is 24.6. The summed E-state index contributed by atoms with van der Waals surface area (Å²) in [5.41, 5.74) is 2.38. The van der Waals surface area contributed by atoms with Crippen molar-refractivity contribution in [3.63, 3.8) is 0 Å². The number of sulfonamides is 1. The van der Waals surface area contributed by atoms with Gasteiger partial charge in [0.1, 0.15) is 0 Å². The number of aryl methyl sites for hydroxylation is 1. The number of hydrogen-bond donors (Lipinski definition) is 2. The molecule has 1 aliphatic heterocycles. The van der Waals surface area contributed by atoms with E-state index in [-0.39, 0.29) is 22.6 Å². The van der Waals surface area contributed by atoms with E-state index in [1.165, 1.54) is 4.31 Å². The maximum Gasteiger partial charge on any atom is 0.251 e. The van der Waals surface area contributed by atoms with E-state index in [0.717, 1.165) is 11.1 Å². The van der Waals surface area contributed by atoms with Crippen molar-refractivity contribution in [2.45, 2.75) is 31.2 Å². The van der Waals surface area contributed by atoms with Gasteiger partial charge in [0.25, 0.3) is 5.91 Å². The Hall–Kier alpha value is -2.71. The summed E-state index contributed by atoms with van der Waals surface area (Å²) in [5, 5.41) is 5.48. The molecule has 3 rings (SSSR count). The molecule has 1 saturated heterocycles. The molecule has 2 aromatic rings. The molecular formula is C22H27N3O4S. The van der Waals surface area contributed by atoms with Gasteiger partial charge in [-0.2, -0.15) is 4.31 Å². The van der Waals surface area contributed by atoms with E-state index in [9.17, 15) is 18.0 Å². The molecule has 1 heterocycles. The Balaban J connectivity index is 1.54. The van der Waals surface area contributed by atoms with Crippen molar-refractivity contribution in [3.8, 4) is 0 Å². The quantitative estimate of drug-likeness (QED) is 0.735. The largest absolute Gasteiger partial charge is 0.355 e. The molecular weight excluding hydrogens is 402 g/mol. The normalized spacial score (nSPS) is 15.5. The number of piperidine rings is 1. The van der Waals surface area contributed by atoms with Crippen molar-refractivity contribution in [3.05, 3.63) is 65.2 Å². The third-order valence-electron chi connectivity index (χ3n) is 5.37. The van der Waals surface area contributed by atoms with Gasteiger partial charge in [0, 0.05) is 38.2 Å². The van der Waals surface area contributed by atoms with Gasteiger partial charge in [0.05, 0.1) is 4.90 Å². The molecule has 0 bridgehead atoms. The molecule has 0 aliphatic carbocycles. The maximum atomic E-state index is 12.8. The van der Waals surface area contributed by atoms with Crippen molar-refractivity contribution in [1.82, 2.24) is 14.9 Å². The van der Waals surface area contributed by atoms with Crippen LogP contribution in [-0.2, 0) is 21.4 Å². The van der Waals surface area contributed by atoms with Gasteiger partial charge in [-0.05, 0) is 49.6 Å². The molecule has 2 aromatic carbocycles. The summed E-state index contributed by atoms with van der Waals surface area (Å²) in [7, 11) is -1.96. The summed E-state index contributed by atoms with van der Waals surface area (Å²) >= 11 is 0. The van der Waals surface area contributed by atoms with Crippen molar-refractivity contribution in [2.75, 3.05) is 20.1 Å². The van der Waals surface area contributed by atoms with Crippen LogP contribution in [0.2, 0.25) is 0 Å². The SMILES string of the molecule is CNC(=O)c1cccc(CNC(=O)C2CCN(S(=O)(=O)c3ccc(C)cc3)CC2)c1. The monoisotopic (exact) mass is 429 g/mol. The highest BCUT2D eigenvalue weighted by molar-refractivity contribution is 7.89. The molecule has 0 atom stereocenters. The lowest BCUT2D eigenvalue weighted by Crippen LogP contribution is -2.42. The van der Waals surface area contributed by atoms with Crippen molar-refractivity contribution < 1.29 is 18.0 Å². The Morgan fingerprint density at radius 2 is 1.73 bits per heavy atom. The van der Waals surface area contributed by atoms with Gasteiger partial charge in [-0.3, -0.25) is 9.59 Å². The van der Waals surface area contributed by atoms with Crippen LogP contribution in [-0.4, -0.2) is 44.7 Å². The second kappa shape index (κ2) is 9.40. The van der Waals surface area contributed by atoms with Crippen LogP contribution in [0, 0.1) is 12.8 Å². The van der Waals surface area contributed by atoms with E-state index >= 15 is 0 Å². The molecule has 2 amide bonds. The summed E-state index contributed by atoms with van der Waals surface area (Å²) in [5.74, 6) is -0.491. The molecule has 0 saturated carbocycles. The first kappa shape index (κ1) is 22.0. The Bertz CT molecular complexity index is 1010. The molecule has 30 heavy (non-hydrogen) atoms. The third-order valence-corrected chi connectivity index (χ3v) is 7.28. The Morgan fingerprint density at radius 1 is 1.07 bits per heavy atom. The first-order valence-electron chi connectivity index (χ1n) is 9.97. The summed E-state index contributed by atoms with van der Waals surface area (Å²) in [6.45, 7) is 2.88. The molecule has 7 nitrogen and oxygen atoms in total. The fraction of sp³-hybridized carbons (Fsp3) is 0.364. The minimum absolute atomic E-state index is 0.0901. The molecule has 8 heteroatoms. The van der Waals surface area contributed by atoms with Crippen LogP contribution >= 0.6 is 0 Å². The number of carbonyl (C=O) groups is 2. The number of nitrogens with one attached hydrogen (secondary N) is 2. The van der Waals surface area contributed by atoms with Crippen molar-refractivity contribution >= 4 is 21.8 Å². The van der Waals surface area contributed by atoms with Gasteiger partial charge < -0.3 is 10.6 Å². The summed E-state index contributed by atoms with van der Waals surface area (Å²) < 4.78 is 27.0. The zero-order valence-electron chi connectivity index (χ0n) is 17.2. The van der Waals surface area contributed by atoms with Gasteiger partial charge in [0.15, 0.2) is 0 Å². The average Bonchev–Trinajstić information content (AvgIpc) is 2.77. The third kappa shape index (κ3) is 5.06. The lowest BCUT2D eigenvalue weighted by molar-refractivity contribution is -0.126. The first-order valence-corrected chi connectivity index (χ1v) is 11.4. The molecule has 0 spiro atoms. The topological polar surface area (TPSA) is 95.6 Å². The summed E-state index contributed by atoms with van der Waals surface area (Å²) in [6.07, 6.45) is 0.963. The predicted octanol–water partition coefficient (Wildman–Crippen LogP) is 2.07. The number of rotatable bonds is 6. The van der Waals surface area contributed by atoms with Crippen LogP contribution in [0.15, 0.2) is 53.4 Å². The van der Waals surface area contributed by atoms with Crippen LogP contribution in [0.5, 0.6) is 0 Å². The molecule has 0 unspecified atom stereocenters. The van der Waals surface area contributed by atoms with E-state index in [1.807, 2.05) is 13.0 Å². The van der Waals surface area contributed by atoms with E-state index in [0.29, 0.717) is 38.0 Å². The summed E-state index contributed by atoms with van der Waals surface area (Å²) in [6, 6.07) is 13.9. The Morgan fingerprint density at radius 3 is 2.37 bits per heavy atom. The minimum Gasteiger partial charge on any atom is -0.355 e. The van der Waals surface area contributed by atoms with E-state index in [4.69, 9.17) is 0 Å². The first-order chi connectivity index (χ1) is 14.3. The van der Waals surface area contributed by atoms with E-state index in [1.54, 1.807) is 49.5 Å². The van der Waals surface area contributed by atoms with Crippen LogP contribution in [0.4, 0.5) is 0 Å². The second-order valence-electron chi connectivity index (χ2n) is 7.49. The lowest BCUT2D eigenvalue weighted by atomic mass is 9.97. The average molecular weight is 430 g/mol. The van der Waals surface area contributed by atoms with Gasteiger partial charge in [0.2, 0.25) is 15.9 Å². The van der Waals surface area contributed by atoms with Crippen LogP contribution in [0.1, 0.15) is 34.3 Å². The molecule has 160 valence electrons. The van der Waals surface area contributed by atoms with Crippen LogP contribution in [0.3, 0.4) is 0 Å². The van der Waals surface area contributed by atoms with Crippen molar-refractivity contribution in [1.29, 1.82) is 0 Å². The number of nitrogens with zero attached hydrogens (tertiary/aromatic N) is 1. The molecule has 1 fully saturated rings. The standard InChI is InChI=1S/C22H27N3O4S/c1-16-6-8-20(9-7-16)30(28,29)25-12-10-18(11-13-25)22(27)24-15-17-4-3-5-19(14-17)21(26)23-2/h3-9,14,18H,10-13,15H2,1-2H3,(H,23,26)(H,24,27). The number of carbonyl (C=O) groups excluding carboxylic acids is 2. The van der Waals surface area contributed by atoms with Crippen LogP contribution in [0.25, 0.3) is 0 Å². The van der Waals surface area contributed by atoms with Crippen molar-refractivity contribution in [2.24, 2.45) is 5.92 Å². The van der Waals surface area contributed by atoms with Gasteiger partial charge in [-0.1, -0.05) is 29.8 Å². The fourth-order valence-electron chi connectivity index (χ4n) is 3.52. The Labute approximate surface area is 177 Å². The zero-order valence-corrected chi connectivity index (χ0v) is 18.0. The molecule has 0 aromatic heterocycles. The molecule has 1 aliphatic rings. The zero-order chi connectivity index (χ0) is 21.7. The van der Waals surface area contributed by atoms with Crippen LogP contribution < -0.4 is 10.6 Å². The van der Waals surface area contributed by atoms with Gasteiger partial charge in [-0.15, -0.1) is 0 Å². The lowest BCUT2D eigenvalue weighted by Gasteiger charge is -2.30. The van der Waals surface area contributed by atoms with Gasteiger partial charge in [-0.25, -0.2) is 8.42 Å². The smallest absolute Gasteiger partial charge is 0.251 e. The predicted molar refractivity (Wildman–Crippen MR) is 114 cm³/mol. The minimum atomic E-state index is -3.53. The number of benzene rings is 2. The Kier molecular flexibility index (Phi) is 6.89. The highest BCUT2D eigenvalue weighted by Gasteiger charge is 2.31. The van der Waals surface area contributed by atoms with Gasteiger partial charge >= 0.3 is 0 Å². The van der Waals surface area contributed by atoms with E-state index < -0.39 is 10.0 Å². The highest BCUT2D eigenvalue weighted by Crippen LogP contribution is 2.24.